The summed E-state index contributed by atoms with van der Waals surface area (Å²) in [4.78, 5) is 0. The zero-order valence-electron chi connectivity index (χ0n) is 17.2. The van der Waals surface area contributed by atoms with E-state index in [9.17, 15) is 5.11 Å². The van der Waals surface area contributed by atoms with Gasteiger partial charge in [-0.15, -0.1) is 0 Å². The number of aliphatic hydroxyl groups is 1. The van der Waals surface area contributed by atoms with Crippen molar-refractivity contribution in [3.63, 3.8) is 0 Å². The Bertz CT molecular complexity index is 1040. The molecule has 156 valence electrons. The predicted octanol–water partition coefficient (Wildman–Crippen LogP) is 5.20. The molecule has 3 aromatic rings. The van der Waals surface area contributed by atoms with Gasteiger partial charge >= 0.3 is 0 Å². The maximum atomic E-state index is 12.1. The van der Waals surface area contributed by atoms with Crippen molar-refractivity contribution in [2.75, 3.05) is 7.11 Å². The van der Waals surface area contributed by atoms with Gasteiger partial charge in [0.2, 0.25) is 0 Å². The molecule has 5 rings (SSSR count). The topological polar surface area (TPSA) is 47.9 Å². The molecular weight excluding hydrogens is 388 g/mol. The number of allylic oxidation sites excluding steroid dienone is 2. The minimum absolute atomic E-state index is 0.417. The van der Waals surface area contributed by atoms with Crippen molar-refractivity contribution < 1.29 is 19.3 Å². The van der Waals surface area contributed by atoms with E-state index < -0.39 is 23.6 Å². The van der Waals surface area contributed by atoms with E-state index in [2.05, 4.69) is 0 Å². The average molecular weight is 412 g/mol. The maximum Gasteiger partial charge on any atom is 0.267 e. The Morgan fingerprint density at radius 2 is 1.23 bits per heavy atom. The van der Waals surface area contributed by atoms with Gasteiger partial charge in [-0.2, -0.15) is 0 Å². The lowest BCUT2D eigenvalue weighted by Gasteiger charge is -2.43. The molecule has 0 bridgehead atoms. The number of ether oxygens (including phenoxy) is 3. The summed E-state index contributed by atoms with van der Waals surface area (Å²) >= 11 is 0. The number of benzene rings is 3. The Balaban J connectivity index is 1.69. The fourth-order valence-corrected chi connectivity index (χ4v) is 4.44. The van der Waals surface area contributed by atoms with Gasteiger partial charge in [-0.25, -0.2) is 0 Å². The van der Waals surface area contributed by atoms with Crippen molar-refractivity contribution >= 4 is 0 Å². The molecule has 0 saturated carbocycles. The Hall–Kier alpha value is -3.18. The van der Waals surface area contributed by atoms with Crippen molar-refractivity contribution in [3.05, 3.63) is 132 Å². The molecule has 1 spiro atoms. The molecule has 0 amide bonds. The fourth-order valence-electron chi connectivity index (χ4n) is 4.44. The molecule has 0 radical (unpaired) electrons. The van der Waals surface area contributed by atoms with Gasteiger partial charge in [-0.05, 0) is 28.8 Å². The fraction of sp³-hybridized carbons (Fsp3) is 0.185. The van der Waals surface area contributed by atoms with Gasteiger partial charge in [0.25, 0.3) is 5.79 Å². The van der Waals surface area contributed by atoms with E-state index in [0.29, 0.717) is 11.3 Å². The highest BCUT2D eigenvalue weighted by Crippen LogP contribution is 2.57. The van der Waals surface area contributed by atoms with E-state index in [4.69, 9.17) is 14.2 Å². The molecule has 0 unspecified atom stereocenters. The molecule has 1 saturated heterocycles. The van der Waals surface area contributed by atoms with Crippen molar-refractivity contribution in [1.29, 1.82) is 0 Å². The first-order valence-corrected chi connectivity index (χ1v) is 10.4. The zero-order chi connectivity index (χ0) is 21.3. The second kappa shape index (κ2) is 7.82. The first-order chi connectivity index (χ1) is 15.2. The van der Waals surface area contributed by atoms with Crippen LogP contribution in [0.1, 0.15) is 28.9 Å². The normalized spacial score (nSPS) is 26.6. The lowest BCUT2D eigenvalue weighted by Crippen LogP contribution is -2.54. The Labute approximate surface area is 182 Å². The number of hydrogen-bond donors (Lipinski definition) is 1. The lowest BCUT2D eigenvalue weighted by molar-refractivity contribution is -0.263. The summed E-state index contributed by atoms with van der Waals surface area (Å²) in [6, 6.07) is 29.3. The van der Waals surface area contributed by atoms with Crippen LogP contribution in [0.2, 0.25) is 0 Å². The van der Waals surface area contributed by atoms with Crippen molar-refractivity contribution in [3.8, 4) is 0 Å². The summed E-state index contributed by atoms with van der Waals surface area (Å²) < 4.78 is 19.1. The first kappa shape index (κ1) is 19.8. The summed E-state index contributed by atoms with van der Waals surface area (Å²) in [5, 5.41) is 12.1. The van der Waals surface area contributed by atoms with Gasteiger partial charge in [-0.3, -0.25) is 0 Å². The van der Waals surface area contributed by atoms with Crippen LogP contribution in [0.15, 0.2) is 115 Å². The zero-order valence-corrected chi connectivity index (χ0v) is 17.2. The van der Waals surface area contributed by atoms with Crippen LogP contribution in [0.4, 0.5) is 0 Å². The largest absolute Gasteiger partial charge is 0.495 e. The van der Waals surface area contributed by atoms with E-state index in [1.807, 2.05) is 91.0 Å². The van der Waals surface area contributed by atoms with Gasteiger partial charge in [-0.1, -0.05) is 97.1 Å². The van der Waals surface area contributed by atoms with Crippen LogP contribution in [-0.4, -0.2) is 18.0 Å². The molecule has 1 aliphatic carbocycles. The molecule has 4 nitrogen and oxygen atoms in total. The Morgan fingerprint density at radius 3 is 1.71 bits per heavy atom. The first-order valence-electron chi connectivity index (χ1n) is 10.4. The van der Waals surface area contributed by atoms with Crippen LogP contribution < -0.4 is 0 Å². The minimum atomic E-state index is -1.58. The van der Waals surface area contributed by atoms with Crippen molar-refractivity contribution in [1.82, 2.24) is 0 Å². The SMILES string of the molecule is COC1=CC=C[C@](O)(c2ccccc2)C12O[C@H](c1ccccc1)[C@@H](c1ccccc1)O2. The molecule has 1 heterocycles. The smallest absolute Gasteiger partial charge is 0.267 e. The van der Waals surface area contributed by atoms with E-state index in [-0.39, 0.29) is 0 Å². The molecule has 2 aliphatic rings. The second-order valence-electron chi connectivity index (χ2n) is 7.74. The third-order valence-electron chi connectivity index (χ3n) is 5.96. The van der Waals surface area contributed by atoms with Crippen LogP contribution in [0.5, 0.6) is 0 Å². The van der Waals surface area contributed by atoms with Gasteiger partial charge in [0.1, 0.15) is 12.2 Å². The minimum Gasteiger partial charge on any atom is -0.495 e. The van der Waals surface area contributed by atoms with Gasteiger partial charge in [0.15, 0.2) is 11.4 Å². The molecule has 0 aromatic heterocycles. The third kappa shape index (κ3) is 3.12. The van der Waals surface area contributed by atoms with Crippen LogP contribution in [0, 0.1) is 0 Å². The molecule has 3 atom stereocenters. The lowest BCUT2D eigenvalue weighted by atomic mass is 9.81. The molecule has 1 fully saturated rings. The molecular formula is C27H24O4. The van der Waals surface area contributed by atoms with Crippen LogP contribution in [0.25, 0.3) is 0 Å². The quantitative estimate of drug-likeness (QED) is 0.640. The van der Waals surface area contributed by atoms with E-state index in [1.165, 1.54) is 0 Å². The highest BCUT2D eigenvalue weighted by Gasteiger charge is 2.64. The van der Waals surface area contributed by atoms with Crippen molar-refractivity contribution in [2.45, 2.75) is 23.6 Å². The second-order valence-corrected chi connectivity index (χ2v) is 7.74. The summed E-state index contributed by atoms with van der Waals surface area (Å²) in [6.45, 7) is 0. The van der Waals surface area contributed by atoms with Crippen LogP contribution >= 0.6 is 0 Å². The highest BCUT2D eigenvalue weighted by atomic mass is 16.8. The van der Waals surface area contributed by atoms with E-state index in [0.717, 1.165) is 11.1 Å². The summed E-state index contributed by atoms with van der Waals surface area (Å²) in [7, 11) is 1.57. The average Bonchev–Trinajstić information content (AvgIpc) is 3.25. The molecule has 4 heteroatoms. The predicted molar refractivity (Wildman–Crippen MR) is 118 cm³/mol. The monoisotopic (exact) mass is 412 g/mol. The summed E-state index contributed by atoms with van der Waals surface area (Å²) in [5.74, 6) is -1.13. The maximum absolute atomic E-state index is 12.1. The van der Waals surface area contributed by atoms with Gasteiger partial charge < -0.3 is 19.3 Å². The summed E-state index contributed by atoms with van der Waals surface area (Å²) in [5.41, 5.74) is 1.02. The number of hydrogen-bond acceptors (Lipinski definition) is 4. The van der Waals surface area contributed by atoms with E-state index >= 15 is 0 Å². The molecule has 31 heavy (non-hydrogen) atoms. The summed E-state index contributed by atoms with van der Waals surface area (Å²) in [6.07, 6.45) is 4.39. The van der Waals surface area contributed by atoms with Crippen LogP contribution in [0.3, 0.4) is 0 Å². The molecule has 3 aromatic carbocycles. The number of rotatable bonds is 4. The van der Waals surface area contributed by atoms with Crippen LogP contribution in [-0.2, 0) is 19.8 Å². The highest BCUT2D eigenvalue weighted by molar-refractivity contribution is 5.42. The Morgan fingerprint density at radius 1 is 0.742 bits per heavy atom. The van der Waals surface area contributed by atoms with Gasteiger partial charge in [0, 0.05) is 0 Å². The standard InChI is InChI=1S/C27H24O4/c1-29-23-18-11-19-26(28,22-16-9-4-10-17-22)27(23)30-24(20-12-5-2-6-13-20)25(31-27)21-14-7-3-8-15-21/h2-19,24-25,28H,1H3/t24-,25-,26+/m1/s1. The number of methoxy groups -OCH3 is 1. The van der Waals surface area contributed by atoms with Gasteiger partial charge in [0.05, 0.1) is 7.11 Å². The Kier molecular flexibility index (Phi) is 4.98. The molecule has 1 aliphatic heterocycles. The van der Waals surface area contributed by atoms with Crippen molar-refractivity contribution in [2.24, 2.45) is 0 Å². The third-order valence-corrected chi connectivity index (χ3v) is 5.96. The van der Waals surface area contributed by atoms with E-state index in [1.54, 1.807) is 25.3 Å². The molecule has 1 N–H and O–H groups in total.